The molecule has 34 heavy (non-hydrogen) atoms. The molecule has 0 saturated heterocycles. The van der Waals surface area contributed by atoms with Gasteiger partial charge in [-0.05, 0) is 48.9 Å². The normalized spacial score (nSPS) is 18.2. The topological polar surface area (TPSA) is 142 Å². The van der Waals surface area contributed by atoms with E-state index in [1.807, 2.05) is 0 Å². The highest BCUT2D eigenvalue weighted by Gasteiger charge is 2.28. The molecule has 0 spiro atoms. The van der Waals surface area contributed by atoms with Crippen molar-refractivity contribution >= 4 is 33.5 Å². The third-order valence-electron chi connectivity index (χ3n) is 5.51. The Balaban J connectivity index is 1.42. The molecule has 0 radical (unpaired) electrons. The average molecular weight is 509 g/mol. The van der Waals surface area contributed by atoms with Crippen LogP contribution in [0.25, 0.3) is 0 Å². The van der Waals surface area contributed by atoms with Crippen molar-refractivity contribution in [3.05, 3.63) is 70.6 Å². The Morgan fingerprint density at radius 1 is 1.32 bits per heavy atom. The summed E-state index contributed by atoms with van der Waals surface area (Å²) in [4.78, 5) is 21.3. The number of ketones is 1. The highest BCUT2D eigenvalue weighted by Crippen LogP contribution is 2.29. The molecule has 1 aliphatic carbocycles. The Morgan fingerprint density at radius 2 is 2.15 bits per heavy atom. The molecule has 1 saturated carbocycles. The first-order chi connectivity index (χ1) is 16.2. The third kappa shape index (κ3) is 6.14. The highest BCUT2D eigenvalue weighted by atomic mass is 35.5. The highest BCUT2D eigenvalue weighted by molar-refractivity contribution is 7.84. The minimum Gasteiger partial charge on any atom is -0.367 e. The number of rotatable bonds is 9. The predicted molar refractivity (Wildman–Crippen MR) is 122 cm³/mol. The van der Waals surface area contributed by atoms with Crippen LogP contribution >= 0.6 is 11.6 Å². The molecule has 2 aromatic heterocycles. The lowest BCUT2D eigenvalue weighted by Crippen LogP contribution is -2.22. The Hall–Kier alpha value is -2.93. The molecular formula is C21H22ClFN6O4S. The maximum absolute atomic E-state index is 13.7. The summed E-state index contributed by atoms with van der Waals surface area (Å²) in [5.74, 6) is -0.501. The molecule has 180 valence electrons. The number of nitrogens with one attached hydrogen (secondary N) is 1. The van der Waals surface area contributed by atoms with E-state index < -0.39 is 16.1 Å². The molecule has 0 aliphatic heterocycles. The smallest absolute Gasteiger partial charge is 0.333 e. The first-order valence-electron chi connectivity index (χ1n) is 10.4. The van der Waals surface area contributed by atoms with Gasteiger partial charge in [0.05, 0.1) is 23.7 Å². The number of hydrogen-bond acceptors (Lipinski definition) is 8. The van der Waals surface area contributed by atoms with Crippen LogP contribution in [0.15, 0.2) is 43.0 Å². The number of carbonyl (C=O) groups excluding carboxylic acids is 1. The summed E-state index contributed by atoms with van der Waals surface area (Å²) in [6, 6.07) is 6.02. The number of benzene rings is 1. The molecule has 13 heteroatoms. The standard InChI is InChI=1S/C21H22ClFN6O4S/c22-17-4-2-13(8-18(17)23)10-29-6-5-19(28-29)20(30)16-9-25-12-26-21(16)27-15-3-1-14(7-15)11-33-34(24,31)32/h2,4-6,8-9,12,14-15H,1,3,7,10-11H2,(H2,24,31,32)(H,25,26,27)/t14-,15+/m1/s1. The monoisotopic (exact) mass is 508 g/mol. The van der Waals surface area contributed by atoms with Gasteiger partial charge in [0.1, 0.15) is 23.7 Å². The lowest BCUT2D eigenvalue weighted by Gasteiger charge is -2.15. The van der Waals surface area contributed by atoms with E-state index in [1.54, 1.807) is 18.3 Å². The van der Waals surface area contributed by atoms with Gasteiger partial charge in [0.25, 0.3) is 0 Å². The lowest BCUT2D eigenvalue weighted by atomic mass is 10.1. The minimum atomic E-state index is -3.98. The first-order valence-corrected chi connectivity index (χ1v) is 12.3. The maximum atomic E-state index is 13.7. The fourth-order valence-corrected chi connectivity index (χ4v) is 4.39. The zero-order chi connectivity index (χ0) is 24.3. The Morgan fingerprint density at radius 3 is 2.91 bits per heavy atom. The van der Waals surface area contributed by atoms with Crippen molar-refractivity contribution in [2.24, 2.45) is 11.1 Å². The number of aromatic nitrogens is 4. The van der Waals surface area contributed by atoms with E-state index in [0.29, 0.717) is 17.8 Å². The van der Waals surface area contributed by atoms with Gasteiger partial charge in [-0.2, -0.15) is 13.5 Å². The summed E-state index contributed by atoms with van der Waals surface area (Å²) in [6.07, 6.45) is 6.52. The van der Waals surface area contributed by atoms with Gasteiger partial charge in [-0.3, -0.25) is 13.7 Å². The number of nitrogens with two attached hydrogens (primary N) is 1. The van der Waals surface area contributed by atoms with E-state index in [4.69, 9.17) is 20.9 Å². The van der Waals surface area contributed by atoms with E-state index in [0.717, 1.165) is 12.8 Å². The van der Waals surface area contributed by atoms with Crippen LogP contribution in [0.4, 0.5) is 10.2 Å². The Bertz CT molecular complexity index is 1300. The van der Waals surface area contributed by atoms with Crippen molar-refractivity contribution in [1.82, 2.24) is 19.7 Å². The van der Waals surface area contributed by atoms with Crippen molar-refractivity contribution in [2.45, 2.75) is 31.8 Å². The third-order valence-corrected chi connectivity index (χ3v) is 6.28. The number of anilines is 1. The Kier molecular flexibility index (Phi) is 7.22. The SMILES string of the molecule is NS(=O)(=O)OC[C@@H]1CC[C@H](Nc2ncncc2C(=O)c2ccn(Cc3ccc(Cl)c(F)c3)n2)C1. The minimum absolute atomic E-state index is 0.0154. The molecule has 0 bridgehead atoms. The zero-order valence-electron chi connectivity index (χ0n) is 17.9. The van der Waals surface area contributed by atoms with Crippen molar-refractivity contribution < 1.29 is 21.8 Å². The van der Waals surface area contributed by atoms with Gasteiger partial charge < -0.3 is 5.32 Å². The van der Waals surface area contributed by atoms with Crippen molar-refractivity contribution in [1.29, 1.82) is 0 Å². The van der Waals surface area contributed by atoms with Crippen LogP contribution in [0, 0.1) is 11.7 Å². The Labute approximate surface area is 200 Å². The van der Waals surface area contributed by atoms with E-state index in [1.165, 1.54) is 29.3 Å². The van der Waals surface area contributed by atoms with Crippen LogP contribution in [0.2, 0.25) is 5.02 Å². The second kappa shape index (κ2) is 10.1. The maximum Gasteiger partial charge on any atom is 0.333 e. The molecule has 3 N–H and O–H groups in total. The van der Waals surface area contributed by atoms with Crippen LogP contribution in [0.5, 0.6) is 0 Å². The van der Waals surface area contributed by atoms with Gasteiger partial charge in [0.2, 0.25) is 5.78 Å². The van der Waals surface area contributed by atoms with Gasteiger partial charge in [-0.1, -0.05) is 17.7 Å². The van der Waals surface area contributed by atoms with E-state index >= 15 is 0 Å². The van der Waals surface area contributed by atoms with Gasteiger partial charge in [0.15, 0.2) is 0 Å². The summed E-state index contributed by atoms with van der Waals surface area (Å²) >= 11 is 5.72. The quantitative estimate of drug-likeness (QED) is 0.420. The molecule has 3 aromatic rings. The second-order valence-electron chi connectivity index (χ2n) is 8.06. The average Bonchev–Trinajstić information content (AvgIpc) is 3.44. The fraction of sp³-hybridized carbons (Fsp3) is 0.333. The summed E-state index contributed by atoms with van der Waals surface area (Å²) in [6.45, 7) is 0.281. The summed E-state index contributed by atoms with van der Waals surface area (Å²) in [7, 11) is -3.98. The fourth-order valence-electron chi connectivity index (χ4n) is 3.89. The number of carbonyl (C=O) groups is 1. The van der Waals surface area contributed by atoms with Gasteiger partial charge in [0, 0.05) is 18.4 Å². The van der Waals surface area contributed by atoms with Crippen molar-refractivity contribution in [3.63, 3.8) is 0 Å². The first kappa shape index (κ1) is 24.2. The number of halogens is 2. The molecular weight excluding hydrogens is 487 g/mol. The van der Waals surface area contributed by atoms with Crippen LogP contribution in [0.1, 0.15) is 40.9 Å². The predicted octanol–water partition coefficient (Wildman–Crippen LogP) is 2.55. The van der Waals surface area contributed by atoms with Gasteiger partial charge in [-0.15, -0.1) is 0 Å². The van der Waals surface area contributed by atoms with Crippen LogP contribution < -0.4 is 10.5 Å². The zero-order valence-corrected chi connectivity index (χ0v) is 19.5. The molecule has 4 rings (SSSR count). The largest absolute Gasteiger partial charge is 0.367 e. The summed E-state index contributed by atoms with van der Waals surface area (Å²) in [5, 5.41) is 12.5. The molecule has 1 aromatic carbocycles. The molecule has 1 fully saturated rings. The molecule has 2 atom stereocenters. The van der Waals surface area contributed by atoms with E-state index in [9.17, 15) is 17.6 Å². The molecule has 10 nitrogen and oxygen atoms in total. The van der Waals surface area contributed by atoms with E-state index in [-0.39, 0.29) is 47.2 Å². The number of nitrogens with zero attached hydrogens (tertiary/aromatic N) is 4. The summed E-state index contributed by atoms with van der Waals surface area (Å²) < 4.78 is 41.9. The van der Waals surface area contributed by atoms with Gasteiger partial charge >= 0.3 is 10.3 Å². The summed E-state index contributed by atoms with van der Waals surface area (Å²) in [5.41, 5.74) is 1.10. The van der Waals surface area contributed by atoms with Crippen molar-refractivity contribution in [2.75, 3.05) is 11.9 Å². The molecule has 0 unspecified atom stereocenters. The van der Waals surface area contributed by atoms with Crippen LogP contribution in [0.3, 0.4) is 0 Å². The molecule has 2 heterocycles. The number of hydrogen-bond donors (Lipinski definition) is 2. The molecule has 1 aliphatic rings. The second-order valence-corrected chi connectivity index (χ2v) is 9.69. The van der Waals surface area contributed by atoms with Crippen LogP contribution in [-0.2, 0) is 21.0 Å². The van der Waals surface area contributed by atoms with Crippen molar-refractivity contribution in [3.8, 4) is 0 Å². The van der Waals surface area contributed by atoms with Gasteiger partial charge in [-0.25, -0.2) is 19.5 Å². The lowest BCUT2D eigenvalue weighted by molar-refractivity contribution is 0.103. The van der Waals surface area contributed by atoms with E-state index in [2.05, 4.69) is 20.4 Å². The molecule has 0 amide bonds. The van der Waals surface area contributed by atoms with Crippen LogP contribution in [-0.4, -0.2) is 46.6 Å².